The van der Waals surface area contributed by atoms with Gasteiger partial charge in [0.2, 0.25) is 5.78 Å². The van der Waals surface area contributed by atoms with Gasteiger partial charge in [-0.25, -0.2) is 9.18 Å². The van der Waals surface area contributed by atoms with Crippen LogP contribution in [-0.4, -0.2) is 46.9 Å². The summed E-state index contributed by atoms with van der Waals surface area (Å²) < 4.78 is 20.4. The molecule has 2 aromatic carbocycles. The molecule has 1 aromatic heterocycles. The molecule has 0 radical (unpaired) electrons. The molecule has 0 bridgehead atoms. The van der Waals surface area contributed by atoms with Crippen LogP contribution in [0.1, 0.15) is 38.5 Å². The maximum atomic E-state index is 13.3. The zero-order chi connectivity index (χ0) is 26.4. The van der Waals surface area contributed by atoms with Crippen LogP contribution in [0, 0.1) is 19.7 Å². The molecule has 0 spiro atoms. The fourth-order valence-corrected chi connectivity index (χ4v) is 4.71. The summed E-state index contributed by atoms with van der Waals surface area (Å²) in [6.07, 6.45) is 2.19. The van der Waals surface area contributed by atoms with E-state index in [0.29, 0.717) is 34.1 Å². The van der Waals surface area contributed by atoms with Crippen LogP contribution in [-0.2, 0) is 9.53 Å². The zero-order valence-corrected chi connectivity index (χ0v) is 22.3. The van der Waals surface area contributed by atoms with Gasteiger partial charge in [0.1, 0.15) is 11.9 Å². The van der Waals surface area contributed by atoms with Crippen molar-refractivity contribution in [3.63, 3.8) is 0 Å². The van der Waals surface area contributed by atoms with Gasteiger partial charge in [-0.15, -0.1) is 0 Å². The Kier molecular flexibility index (Phi) is 9.59. The topological polar surface area (TPSA) is 77.4 Å². The standard InChI is InChI=1S/C26H25Cl2FN2O4S/c1-15-12-21(16(2)31(15)19-7-5-18(29)6-8-19)24(32)14-35-26(34)23(10-11-36-3)30-25(33)20-9-4-17(27)13-22(20)28/h4-9,12-13,23H,10-11,14H2,1-3H3,(H,30,33)/t23-/m0/s1. The number of halogens is 3. The quantitative estimate of drug-likeness (QED) is 0.254. The third-order valence-electron chi connectivity index (χ3n) is 5.54. The van der Waals surface area contributed by atoms with Crippen molar-refractivity contribution in [1.82, 2.24) is 9.88 Å². The molecule has 0 saturated carbocycles. The molecule has 3 aromatic rings. The van der Waals surface area contributed by atoms with Crippen molar-refractivity contribution in [1.29, 1.82) is 0 Å². The largest absolute Gasteiger partial charge is 0.456 e. The van der Waals surface area contributed by atoms with Crippen LogP contribution in [0.3, 0.4) is 0 Å². The number of rotatable bonds is 10. The van der Waals surface area contributed by atoms with Crippen LogP contribution in [0.25, 0.3) is 5.69 Å². The Morgan fingerprint density at radius 1 is 1.06 bits per heavy atom. The summed E-state index contributed by atoms with van der Waals surface area (Å²) in [6, 6.07) is 11.1. The molecule has 0 aliphatic heterocycles. The molecular formula is C26H25Cl2FN2O4S. The number of hydrogen-bond acceptors (Lipinski definition) is 5. The van der Waals surface area contributed by atoms with Crippen LogP contribution in [0.5, 0.6) is 0 Å². The number of nitrogens with zero attached hydrogens (tertiary/aromatic N) is 1. The first-order valence-corrected chi connectivity index (χ1v) is 13.2. The molecule has 10 heteroatoms. The summed E-state index contributed by atoms with van der Waals surface area (Å²) in [5.41, 5.74) is 2.70. The molecule has 3 rings (SSSR count). The molecule has 0 unspecified atom stereocenters. The van der Waals surface area contributed by atoms with Crippen LogP contribution in [0.4, 0.5) is 4.39 Å². The van der Waals surface area contributed by atoms with Gasteiger partial charge in [0.05, 0.1) is 10.6 Å². The number of nitrogens with one attached hydrogen (secondary N) is 1. The van der Waals surface area contributed by atoms with E-state index >= 15 is 0 Å². The number of aromatic nitrogens is 1. The lowest BCUT2D eigenvalue weighted by molar-refractivity contribution is -0.144. The molecule has 6 nitrogen and oxygen atoms in total. The third kappa shape index (κ3) is 6.69. The molecule has 1 heterocycles. The Balaban J connectivity index is 1.70. The maximum absolute atomic E-state index is 13.3. The zero-order valence-electron chi connectivity index (χ0n) is 19.9. The number of benzene rings is 2. The minimum atomic E-state index is -0.962. The fraction of sp³-hybridized carbons (Fsp3) is 0.269. The van der Waals surface area contributed by atoms with Crippen molar-refractivity contribution in [2.24, 2.45) is 0 Å². The number of carbonyl (C=O) groups is 3. The number of hydrogen-bond donors (Lipinski definition) is 1. The minimum absolute atomic E-state index is 0.156. The van der Waals surface area contributed by atoms with E-state index < -0.39 is 24.5 Å². The van der Waals surface area contributed by atoms with Gasteiger partial charge in [-0.05, 0) is 80.8 Å². The molecule has 190 valence electrons. The van der Waals surface area contributed by atoms with Gasteiger partial charge in [-0.3, -0.25) is 9.59 Å². The number of carbonyl (C=O) groups excluding carboxylic acids is 3. The summed E-state index contributed by atoms with van der Waals surface area (Å²) >= 11 is 13.5. The monoisotopic (exact) mass is 550 g/mol. The van der Waals surface area contributed by atoms with Gasteiger partial charge in [-0.1, -0.05) is 23.2 Å². The Morgan fingerprint density at radius 2 is 1.75 bits per heavy atom. The van der Waals surface area contributed by atoms with Crippen molar-refractivity contribution < 1.29 is 23.5 Å². The molecule has 0 fully saturated rings. The first-order valence-electron chi connectivity index (χ1n) is 11.0. The maximum Gasteiger partial charge on any atom is 0.329 e. The van der Waals surface area contributed by atoms with E-state index in [1.54, 1.807) is 25.1 Å². The Morgan fingerprint density at radius 3 is 2.39 bits per heavy atom. The normalized spacial score (nSPS) is 11.7. The molecular weight excluding hydrogens is 526 g/mol. The summed E-state index contributed by atoms with van der Waals surface area (Å²) in [4.78, 5) is 38.4. The van der Waals surface area contributed by atoms with Crippen molar-refractivity contribution >= 4 is 52.6 Å². The van der Waals surface area contributed by atoms with Gasteiger partial charge in [0, 0.05) is 27.7 Å². The number of thioether (sulfide) groups is 1. The molecule has 0 saturated heterocycles. The highest BCUT2D eigenvalue weighted by atomic mass is 35.5. The van der Waals surface area contributed by atoms with Crippen LogP contribution in [0.15, 0.2) is 48.5 Å². The van der Waals surface area contributed by atoms with Gasteiger partial charge < -0.3 is 14.6 Å². The molecule has 36 heavy (non-hydrogen) atoms. The van der Waals surface area contributed by atoms with E-state index in [1.165, 1.54) is 42.1 Å². The molecule has 1 amide bonds. The highest BCUT2D eigenvalue weighted by molar-refractivity contribution is 7.98. The molecule has 1 atom stereocenters. The third-order valence-corrected chi connectivity index (χ3v) is 6.73. The van der Waals surface area contributed by atoms with E-state index in [9.17, 15) is 18.8 Å². The number of aryl methyl sites for hydroxylation is 1. The predicted molar refractivity (Wildman–Crippen MR) is 141 cm³/mol. The van der Waals surface area contributed by atoms with Gasteiger partial charge in [0.15, 0.2) is 6.61 Å². The average Bonchev–Trinajstić information content (AvgIpc) is 3.14. The van der Waals surface area contributed by atoms with E-state index in [2.05, 4.69) is 5.32 Å². The van der Waals surface area contributed by atoms with E-state index in [4.69, 9.17) is 27.9 Å². The first-order chi connectivity index (χ1) is 17.1. The van der Waals surface area contributed by atoms with Gasteiger partial charge in [0.25, 0.3) is 5.91 Å². The summed E-state index contributed by atoms with van der Waals surface area (Å²) in [5.74, 6) is -1.43. The molecule has 0 aliphatic carbocycles. The second-order valence-corrected chi connectivity index (χ2v) is 9.89. The lowest BCUT2D eigenvalue weighted by atomic mass is 10.1. The van der Waals surface area contributed by atoms with Crippen LogP contribution in [0.2, 0.25) is 10.0 Å². The van der Waals surface area contributed by atoms with E-state index in [0.717, 1.165) is 5.69 Å². The van der Waals surface area contributed by atoms with Crippen molar-refractivity contribution in [2.45, 2.75) is 26.3 Å². The number of esters is 1. The summed E-state index contributed by atoms with van der Waals surface area (Å²) in [6.45, 7) is 3.11. The first kappa shape index (κ1) is 27.8. The van der Waals surface area contributed by atoms with Crippen molar-refractivity contribution in [3.05, 3.63) is 86.9 Å². The molecule has 1 N–H and O–H groups in total. The number of Topliss-reactive ketones (excluding diaryl/α,β-unsaturated/α-hetero) is 1. The highest BCUT2D eigenvalue weighted by Gasteiger charge is 2.25. The van der Waals surface area contributed by atoms with Gasteiger partial charge in [-0.2, -0.15) is 11.8 Å². The van der Waals surface area contributed by atoms with Crippen LogP contribution >= 0.6 is 35.0 Å². The average molecular weight is 551 g/mol. The second kappa shape index (κ2) is 12.4. The van der Waals surface area contributed by atoms with Gasteiger partial charge >= 0.3 is 5.97 Å². The summed E-state index contributed by atoms with van der Waals surface area (Å²) in [5, 5.41) is 3.18. The van der Waals surface area contributed by atoms with E-state index in [1.807, 2.05) is 17.7 Å². The SMILES string of the molecule is CSCC[C@H](NC(=O)c1ccc(Cl)cc1Cl)C(=O)OCC(=O)c1cc(C)n(-c2ccc(F)cc2)c1C. The predicted octanol–water partition coefficient (Wildman–Crippen LogP) is 5.82. The number of amides is 1. The second-order valence-electron chi connectivity index (χ2n) is 8.06. The number of ketones is 1. The van der Waals surface area contributed by atoms with Crippen molar-refractivity contribution in [3.8, 4) is 5.69 Å². The fourth-order valence-electron chi connectivity index (χ4n) is 3.74. The Bertz CT molecular complexity index is 1280. The Hall–Kier alpha value is -2.81. The van der Waals surface area contributed by atoms with E-state index in [-0.39, 0.29) is 22.2 Å². The number of ether oxygens (including phenoxy) is 1. The lowest BCUT2D eigenvalue weighted by Gasteiger charge is -2.18. The lowest BCUT2D eigenvalue weighted by Crippen LogP contribution is -2.42. The van der Waals surface area contributed by atoms with Crippen molar-refractivity contribution in [2.75, 3.05) is 18.6 Å². The highest BCUT2D eigenvalue weighted by Crippen LogP contribution is 2.23. The molecule has 0 aliphatic rings. The smallest absolute Gasteiger partial charge is 0.329 e. The Labute approximate surface area is 223 Å². The summed E-state index contributed by atoms with van der Waals surface area (Å²) in [7, 11) is 0. The van der Waals surface area contributed by atoms with Crippen LogP contribution < -0.4 is 5.32 Å². The minimum Gasteiger partial charge on any atom is -0.456 e.